The van der Waals surface area contributed by atoms with Gasteiger partial charge >= 0.3 is 0 Å². The van der Waals surface area contributed by atoms with Gasteiger partial charge in [0.25, 0.3) is 0 Å². The minimum absolute atomic E-state index is 0.621. The van der Waals surface area contributed by atoms with Crippen LogP contribution in [0.1, 0.15) is 5.56 Å². The van der Waals surface area contributed by atoms with E-state index in [1.807, 2.05) is 26.2 Å². The van der Waals surface area contributed by atoms with E-state index in [9.17, 15) is 0 Å². The Balaban J connectivity index is 2.82. The molecule has 0 heterocycles. The maximum absolute atomic E-state index is 5.76. The molecule has 1 aromatic carbocycles. The summed E-state index contributed by atoms with van der Waals surface area (Å²) in [6.45, 7) is 2.11. The van der Waals surface area contributed by atoms with Crippen LogP contribution in [0.15, 0.2) is 16.6 Å². The molecule has 5 heteroatoms. The van der Waals surface area contributed by atoms with E-state index in [0.717, 1.165) is 34.5 Å². The van der Waals surface area contributed by atoms with Crippen molar-refractivity contribution in [1.29, 1.82) is 0 Å². The van der Waals surface area contributed by atoms with Crippen LogP contribution in [-0.4, -0.2) is 45.8 Å². The molecule has 0 bridgehead atoms. The monoisotopic (exact) mass is 316 g/mol. The number of methoxy groups -OCH3 is 1. The van der Waals surface area contributed by atoms with Crippen LogP contribution in [0, 0.1) is 0 Å². The lowest BCUT2D eigenvalue weighted by molar-refractivity contribution is 0.249. The third-order valence-electron chi connectivity index (χ3n) is 2.51. The van der Waals surface area contributed by atoms with Crippen LogP contribution in [0.2, 0.25) is 0 Å². The molecule has 0 saturated heterocycles. The van der Waals surface area contributed by atoms with E-state index in [1.165, 1.54) is 0 Å². The summed E-state index contributed by atoms with van der Waals surface area (Å²) in [5.74, 6) is 1.49. The second-order valence-electron chi connectivity index (χ2n) is 4.30. The van der Waals surface area contributed by atoms with Crippen molar-refractivity contribution in [2.75, 3.05) is 40.9 Å². The molecule has 0 aliphatic carbocycles. The fourth-order valence-electron chi connectivity index (χ4n) is 1.55. The maximum atomic E-state index is 5.76. The number of nitrogens with zero attached hydrogens (tertiary/aromatic N) is 1. The molecule has 1 aromatic rings. The van der Waals surface area contributed by atoms with E-state index in [1.54, 1.807) is 7.11 Å². The van der Waals surface area contributed by atoms with Crippen molar-refractivity contribution in [1.82, 2.24) is 4.90 Å². The molecule has 0 atom stereocenters. The van der Waals surface area contributed by atoms with E-state index in [4.69, 9.17) is 15.2 Å². The molecular formula is C13H21BrN2O2. The van der Waals surface area contributed by atoms with Gasteiger partial charge in [0, 0.05) is 6.54 Å². The number of halogens is 1. The minimum Gasteiger partial charge on any atom is -0.493 e. The Morgan fingerprint density at radius 1 is 1.33 bits per heavy atom. The fourth-order valence-corrected chi connectivity index (χ4v) is 2.16. The van der Waals surface area contributed by atoms with Gasteiger partial charge in [-0.3, -0.25) is 0 Å². The average Bonchev–Trinajstić information content (AvgIpc) is 2.31. The molecule has 102 valence electrons. The van der Waals surface area contributed by atoms with Gasteiger partial charge < -0.3 is 20.1 Å². The Labute approximate surface area is 117 Å². The highest BCUT2D eigenvalue weighted by atomic mass is 79.9. The van der Waals surface area contributed by atoms with Gasteiger partial charge in [0.1, 0.15) is 6.61 Å². The molecule has 0 aliphatic heterocycles. The summed E-state index contributed by atoms with van der Waals surface area (Å²) in [5, 5.41) is 0. The SMILES string of the molecule is COc1cc(CCN)cc(Br)c1OCCN(C)C. The van der Waals surface area contributed by atoms with E-state index in [0.29, 0.717) is 13.2 Å². The predicted molar refractivity (Wildman–Crippen MR) is 77.5 cm³/mol. The van der Waals surface area contributed by atoms with Gasteiger partial charge in [0.15, 0.2) is 11.5 Å². The first-order valence-corrected chi connectivity index (χ1v) is 6.71. The van der Waals surface area contributed by atoms with Gasteiger partial charge in [-0.05, 0) is 60.7 Å². The quantitative estimate of drug-likeness (QED) is 0.834. The van der Waals surface area contributed by atoms with Crippen molar-refractivity contribution in [2.45, 2.75) is 6.42 Å². The minimum atomic E-state index is 0.621. The molecule has 2 N–H and O–H groups in total. The molecule has 4 nitrogen and oxygen atoms in total. The van der Waals surface area contributed by atoms with Gasteiger partial charge in [0.2, 0.25) is 0 Å². The highest BCUT2D eigenvalue weighted by Gasteiger charge is 2.11. The van der Waals surface area contributed by atoms with Crippen molar-refractivity contribution in [2.24, 2.45) is 5.73 Å². The van der Waals surface area contributed by atoms with E-state index < -0.39 is 0 Å². The van der Waals surface area contributed by atoms with Gasteiger partial charge in [-0.25, -0.2) is 0 Å². The van der Waals surface area contributed by atoms with Gasteiger partial charge in [-0.2, -0.15) is 0 Å². The normalized spacial score (nSPS) is 10.8. The molecule has 0 unspecified atom stereocenters. The summed E-state index contributed by atoms with van der Waals surface area (Å²) in [6.07, 6.45) is 0.826. The lowest BCUT2D eigenvalue weighted by Crippen LogP contribution is -2.19. The average molecular weight is 317 g/mol. The number of likely N-dealkylation sites (N-methyl/N-ethyl adjacent to an activating group) is 1. The molecule has 0 fully saturated rings. The first-order chi connectivity index (χ1) is 8.58. The summed E-state index contributed by atoms with van der Waals surface area (Å²) < 4.78 is 12.0. The predicted octanol–water partition coefficient (Wildman–Crippen LogP) is 1.90. The van der Waals surface area contributed by atoms with Crippen LogP contribution in [-0.2, 0) is 6.42 Å². The second kappa shape index (κ2) is 7.61. The van der Waals surface area contributed by atoms with Crippen LogP contribution in [0.3, 0.4) is 0 Å². The van der Waals surface area contributed by atoms with E-state index in [-0.39, 0.29) is 0 Å². The first kappa shape index (κ1) is 15.3. The molecule has 0 aromatic heterocycles. The smallest absolute Gasteiger partial charge is 0.175 e. The van der Waals surface area contributed by atoms with Crippen molar-refractivity contribution in [3.63, 3.8) is 0 Å². The third kappa shape index (κ3) is 4.48. The lowest BCUT2D eigenvalue weighted by Gasteiger charge is -2.16. The second-order valence-corrected chi connectivity index (χ2v) is 5.15. The molecule has 18 heavy (non-hydrogen) atoms. The zero-order chi connectivity index (χ0) is 13.5. The number of ether oxygens (including phenoxy) is 2. The van der Waals surface area contributed by atoms with Crippen molar-refractivity contribution in [3.8, 4) is 11.5 Å². The van der Waals surface area contributed by atoms with Gasteiger partial charge in [0.05, 0.1) is 11.6 Å². The third-order valence-corrected chi connectivity index (χ3v) is 3.10. The Bertz CT molecular complexity index is 383. The molecular weight excluding hydrogens is 296 g/mol. The van der Waals surface area contributed by atoms with Crippen molar-refractivity contribution >= 4 is 15.9 Å². The zero-order valence-corrected chi connectivity index (χ0v) is 12.8. The number of benzene rings is 1. The Morgan fingerprint density at radius 2 is 2.06 bits per heavy atom. The largest absolute Gasteiger partial charge is 0.493 e. The van der Waals surface area contributed by atoms with Crippen LogP contribution < -0.4 is 15.2 Å². The molecule has 0 radical (unpaired) electrons. The number of hydrogen-bond acceptors (Lipinski definition) is 4. The zero-order valence-electron chi connectivity index (χ0n) is 11.2. The molecule has 0 spiro atoms. The lowest BCUT2D eigenvalue weighted by atomic mass is 10.1. The summed E-state index contributed by atoms with van der Waals surface area (Å²) in [4.78, 5) is 2.07. The number of nitrogens with two attached hydrogens (primary N) is 1. The van der Waals surface area contributed by atoms with Gasteiger partial charge in [-0.15, -0.1) is 0 Å². The Kier molecular flexibility index (Phi) is 6.46. The van der Waals surface area contributed by atoms with E-state index in [2.05, 4.69) is 20.8 Å². The fraction of sp³-hybridized carbons (Fsp3) is 0.538. The molecule has 0 amide bonds. The highest BCUT2D eigenvalue weighted by molar-refractivity contribution is 9.10. The Hall–Kier alpha value is -0.780. The summed E-state index contributed by atoms with van der Waals surface area (Å²) in [7, 11) is 5.67. The first-order valence-electron chi connectivity index (χ1n) is 5.92. The van der Waals surface area contributed by atoms with Crippen molar-refractivity contribution < 1.29 is 9.47 Å². The van der Waals surface area contributed by atoms with Crippen LogP contribution in [0.5, 0.6) is 11.5 Å². The van der Waals surface area contributed by atoms with Crippen LogP contribution in [0.4, 0.5) is 0 Å². The topological polar surface area (TPSA) is 47.7 Å². The standard InChI is InChI=1S/C13H21BrN2O2/c1-16(2)6-7-18-13-11(14)8-10(4-5-15)9-12(13)17-3/h8-9H,4-7,15H2,1-3H3. The number of hydrogen-bond donors (Lipinski definition) is 1. The van der Waals surface area contributed by atoms with Crippen LogP contribution >= 0.6 is 15.9 Å². The summed E-state index contributed by atoms with van der Waals surface area (Å²) >= 11 is 3.52. The van der Waals surface area contributed by atoms with Gasteiger partial charge in [-0.1, -0.05) is 0 Å². The summed E-state index contributed by atoms with van der Waals surface area (Å²) in [6, 6.07) is 4.00. The van der Waals surface area contributed by atoms with Crippen LogP contribution in [0.25, 0.3) is 0 Å². The molecule has 0 saturated carbocycles. The molecule has 0 aliphatic rings. The van der Waals surface area contributed by atoms with Crippen molar-refractivity contribution in [3.05, 3.63) is 22.2 Å². The highest BCUT2D eigenvalue weighted by Crippen LogP contribution is 2.36. The molecule has 1 rings (SSSR count). The maximum Gasteiger partial charge on any atom is 0.175 e. The Morgan fingerprint density at radius 3 is 2.61 bits per heavy atom. The summed E-state index contributed by atoms with van der Waals surface area (Å²) in [5.41, 5.74) is 6.70. The van der Waals surface area contributed by atoms with E-state index >= 15 is 0 Å². The number of rotatable bonds is 7.